The van der Waals surface area contributed by atoms with Crippen LogP contribution in [0, 0.1) is 0 Å². The van der Waals surface area contributed by atoms with E-state index in [9.17, 15) is 0 Å². The maximum absolute atomic E-state index is 5.57. The lowest BCUT2D eigenvalue weighted by Crippen LogP contribution is -2.22. The molecule has 0 amide bonds. The van der Waals surface area contributed by atoms with Gasteiger partial charge in [0.25, 0.3) is 0 Å². The van der Waals surface area contributed by atoms with Gasteiger partial charge in [0.2, 0.25) is 0 Å². The van der Waals surface area contributed by atoms with Gasteiger partial charge in [0.05, 0.1) is 0 Å². The number of hydrogen-bond acceptors (Lipinski definition) is 3. The first kappa shape index (κ1) is 13.9. The second-order valence-corrected chi connectivity index (χ2v) is 3.88. The third kappa shape index (κ3) is 3.66. The highest BCUT2D eigenvalue weighted by Crippen LogP contribution is 2.26. The number of ether oxygens (including phenoxy) is 3. The number of rotatable bonds is 6. The Kier molecular flexibility index (Phi) is 5.35. The van der Waals surface area contributed by atoms with E-state index in [1.807, 2.05) is 49.4 Å². The molecule has 0 saturated heterocycles. The van der Waals surface area contributed by atoms with Gasteiger partial charge in [-0.3, -0.25) is 0 Å². The molecule has 0 spiro atoms. The Balaban J connectivity index is 2.90. The minimum absolute atomic E-state index is 0.354. The summed E-state index contributed by atoms with van der Waals surface area (Å²) in [6, 6.07) is 10.0. The molecule has 0 fully saturated rings. The molecular weight excluding hydrogens is 216 g/mol. The normalized spacial score (nSPS) is 15.4. The van der Waals surface area contributed by atoms with Gasteiger partial charge >= 0.3 is 0 Å². The molecule has 3 nitrogen and oxygen atoms in total. The van der Waals surface area contributed by atoms with Crippen LogP contribution in [0.3, 0.4) is 0 Å². The van der Waals surface area contributed by atoms with Crippen molar-refractivity contribution < 1.29 is 14.2 Å². The van der Waals surface area contributed by atoms with Crippen molar-refractivity contribution in [2.45, 2.75) is 18.8 Å². The largest absolute Gasteiger partial charge is 0.370 e. The van der Waals surface area contributed by atoms with Crippen LogP contribution in [0.1, 0.15) is 12.5 Å². The van der Waals surface area contributed by atoms with E-state index in [2.05, 4.69) is 0 Å². The molecule has 0 N–H and O–H groups in total. The molecule has 1 atom stereocenters. The average molecular weight is 236 g/mol. The fraction of sp³-hybridized carbons (Fsp3) is 0.429. The fourth-order valence-electron chi connectivity index (χ4n) is 1.57. The number of hydrogen-bond donors (Lipinski definition) is 0. The summed E-state index contributed by atoms with van der Waals surface area (Å²) < 4.78 is 15.8. The third-order valence-electron chi connectivity index (χ3n) is 2.81. The van der Waals surface area contributed by atoms with Gasteiger partial charge in [0, 0.05) is 21.3 Å². The summed E-state index contributed by atoms with van der Waals surface area (Å²) in [5.41, 5.74) is 0.612. The van der Waals surface area contributed by atoms with Gasteiger partial charge in [-0.1, -0.05) is 30.3 Å². The molecule has 0 radical (unpaired) electrons. The zero-order chi connectivity index (χ0) is 12.7. The van der Waals surface area contributed by atoms with Crippen molar-refractivity contribution in [3.8, 4) is 0 Å². The van der Waals surface area contributed by atoms with Crippen LogP contribution in [0.5, 0.6) is 0 Å². The highest BCUT2D eigenvalue weighted by atomic mass is 16.7. The molecule has 0 saturated carbocycles. The van der Waals surface area contributed by atoms with Crippen LogP contribution < -0.4 is 0 Å². The van der Waals surface area contributed by atoms with Gasteiger partial charge in [-0.05, 0) is 24.6 Å². The van der Waals surface area contributed by atoms with Gasteiger partial charge < -0.3 is 14.2 Å². The van der Waals surface area contributed by atoms with Crippen molar-refractivity contribution in [1.29, 1.82) is 0 Å². The van der Waals surface area contributed by atoms with Crippen molar-refractivity contribution >= 4 is 0 Å². The lowest BCUT2D eigenvalue weighted by molar-refractivity contribution is -0.0681. The molecule has 1 aromatic carbocycles. The average Bonchev–Trinajstić information content (AvgIpc) is 2.40. The minimum atomic E-state index is -0.476. The zero-order valence-electron chi connectivity index (χ0n) is 10.8. The monoisotopic (exact) mass is 236 g/mol. The van der Waals surface area contributed by atoms with Crippen LogP contribution in [0.15, 0.2) is 42.5 Å². The molecule has 1 aromatic rings. The Hall–Kier alpha value is -1.16. The maximum Gasteiger partial charge on any atom is 0.176 e. The number of methoxy groups -OCH3 is 3. The molecule has 0 aliphatic carbocycles. The van der Waals surface area contributed by atoms with E-state index in [-0.39, 0.29) is 6.29 Å². The molecule has 1 unspecified atom stereocenters. The summed E-state index contributed by atoms with van der Waals surface area (Å²) in [5.74, 6) is 0. The van der Waals surface area contributed by atoms with Crippen molar-refractivity contribution in [3.05, 3.63) is 48.0 Å². The van der Waals surface area contributed by atoms with Crippen LogP contribution in [0.2, 0.25) is 0 Å². The quantitative estimate of drug-likeness (QED) is 0.561. The molecule has 0 aromatic heterocycles. The Labute approximate surface area is 103 Å². The van der Waals surface area contributed by atoms with Crippen LogP contribution in [0.4, 0.5) is 0 Å². The molecule has 3 heteroatoms. The van der Waals surface area contributed by atoms with Crippen molar-refractivity contribution in [1.82, 2.24) is 0 Å². The first-order valence-corrected chi connectivity index (χ1v) is 5.52. The van der Waals surface area contributed by atoms with E-state index >= 15 is 0 Å². The van der Waals surface area contributed by atoms with Crippen molar-refractivity contribution in [2.24, 2.45) is 0 Å². The molecular formula is C14H20O3. The second-order valence-electron chi connectivity index (χ2n) is 3.88. The molecule has 17 heavy (non-hydrogen) atoms. The topological polar surface area (TPSA) is 27.7 Å². The van der Waals surface area contributed by atoms with Gasteiger partial charge in [-0.2, -0.15) is 0 Å². The van der Waals surface area contributed by atoms with Gasteiger partial charge in [0.15, 0.2) is 6.29 Å². The van der Waals surface area contributed by atoms with E-state index in [4.69, 9.17) is 14.2 Å². The highest BCUT2D eigenvalue weighted by Gasteiger charge is 2.22. The van der Waals surface area contributed by atoms with Gasteiger partial charge in [-0.15, -0.1) is 0 Å². The smallest absolute Gasteiger partial charge is 0.176 e. The van der Waals surface area contributed by atoms with Crippen LogP contribution >= 0.6 is 0 Å². The van der Waals surface area contributed by atoms with Crippen molar-refractivity contribution in [3.63, 3.8) is 0 Å². The predicted molar refractivity (Wildman–Crippen MR) is 67.7 cm³/mol. The van der Waals surface area contributed by atoms with Crippen LogP contribution in [-0.4, -0.2) is 27.6 Å². The molecule has 0 aliphatic rings. The summed E-state index contributed by atoms with van der Waals surface area (Å²) in [4.78, 5) is 0. The SMILES string of the molecule is COC(/C=C/C(C)(OC)c1ccccc1)OC. The first-order chi connectivity index (χ1) is 8.16. The standard InChI is InChI=1S/C14H20O3/c1-14(17-4,11-10-13(15-2)16-3)12-8-6-5-7-9-12/h5-11,13H,1-4H3/b11-10+. The fourth-order valence-corrected chi connectivity index (χ4v) is 1.57. The molecule has 0 bridgehead atoms. The third-order valence-corrected chi connectivity index (χ3v) is 2.81. The Bertz CT molecular complexity index is 344. The van der Waals surface area contributed by atoms with Crippen LogP contribution in [-0.2, 0) is 19.8 Å². The van der Waals surface area contributed by atoms with E-state index in [0.29, 0.717) is 0 Å². The number of benzene rings is 1. The van der Waals surface area contributed by atoms with Crippen LogP contribution in [0.25, 0.3) is 0 Å². The summed E-state index contributed by atoms with van der Waals surface area (Å²) in [7, 11) is 4.89. The summed E-state index contributed by atoms with van der Waals surface area (Å²) in [6.07, 6.45) is 3.43. The highest BCUT2D eigenvalue weighted by molar-refractivity contribution is 5.26. The maximum atomic E-state index is 5.57. The lowest BCUT2D eigenvalue weighted by atomic mass is 9.95. The summed E-state index contributed by atoms with van der Waals surface area (Å²) in [6.45, 7) is 2.00. The summed E-state index contributed by atoms with van der Waals surface area (Å²) in [5, 5.41) is 0. The lowest BCUT2D eigenvalue weighted by Gasteiger charge is -2.25. The van der Waals surface area contributed by atoms with E-state index < -0.39 is 5.60 Å². The first-order valence-electron chi connectivity index (χ1n) is 5.52. The molecule has 1 rings (SSSR count). The second kappa shape index (κ2) is 6.55. The molecule has 0 heterocycles. The Morgan fingerprint density at radius 2 is 1.65 bits per heavy atom. The molecule has 94 valence electrons. The zero-order valence-corrected chi connectivity index (χ0v) is 10.8. The van der Waals surface area contributed by atoms with Gasteiger partial charge in [-0.25, -0.2) is 0 Å². The predicted octanol–water partition coefficient (Wildman–Crippen LogP) is 2.72. The van der Waals surface area contributed by atoms with E-state index in [0.717, 1.165) is 5.56 Å². The van der Waals surface area contributed by atoms with Gasteiger partial charge in [0.1, 0.15) is 5.60 Å². The van der Waals surface area contributed by atoms with Crippen molar-refractivity contribution in [2.75, 3.05) is 21.3 Å². The molecule has 0 aliphatic heterocycles. The Morgan fingerprint density at radius 1 is 1.06 bits per heavy atom. The Morgan fingerprint density at radius 3 is 2.12 bits per heavy atom. The van der Waals surface area contributed by atoms with E-state index in [1.165, 1.54) is 0 Å². The van der Waals surface area contributed by atoms with E-state index in [1.54, 1.807) is 21.3 Å². The summed E-state index contributed by atoms with van der Waals surface area (Å²) >= 11 is 0. The minimum Gasteiger partial charge on any atom is -0.370 e.